The summed E-state index contributed by atoms with van der Waals surface area (Å²) in [4.78, 5) is 22.3. The molecule has 3 saturated heterocycles. The zero-order valence-electron chi connectivity index (χ0n) is 26.9. The van der Waals surface area contributed by atoms with E-state index in [1.54, 1.807) is 32.2 Å². The van der Waals surface area contributed by atoms with Crippen molar-refractivity contribution in [1.82, 2.24) is 14.5 Å². The first-order valence-corrected chi connectivity index (χ1v) is 16.5. The fraction of sp³-hybridized carbons (Fsp3) is 0.429. The van der Waals surface area contributed by atoms with E-state index in [1.807, 2.05) is 24.3 Å². The lowest BCUT2D eigenvalue weighted by molar-refractivity contribution is -0.0705. The number of fused-ring (bicyclic) bond motifs is 3. The Bertz CT molecular complexity index is 1900. The number of aromatic nitrogens is 2. The molecule has 0 radical (unpaired) electrons. The number of piperazine rings is 1. The van der Waals surface area contributed by atoms with E-state index >= 15 is 4.39 Å². The third-order valence-corrected chi connectivity index (χ3v) is 10.1. The van der Waals surface area contributed by atoms with Crippen LogP contribution in [0.5, 0.6) is 17.2 Å². The number of hydrogen-bond acceptors (Lipinski definition) is 10. The maximum absolute atomic E-state index is 15.0. The van der Waals surface area contributed by atoms with Crippen LogP contribution in [0.1, 0.15) is 35.1 Å². The first-order chi connectivity index (χ1) is 23.3. The lowest BCUT2D eigenvalue weighted by atomic mass is 10.0. The van der Waals surface area contributed by atoms with Gasteiger partial charge in [0.05, 0.1) is 81.0 Å². The van der Waals surface area contributed by atoms with Crippen LogP contribution < -0.4 is 19.1 Å². The molecular formula is C35H36ClFN4O7. The number of ether oxygens (including phenoxy) is 6. The molecule has 4 aromatic rings. The Morgan fingerprint density at radius 1 is 1.10 bits per heavy atom. The molecule has 4 atom stereocenters. The number of esters is 1. The van der Waals surface area contributed by atoms with Gasteiger partial charge in [0.1, 0.15) is 22.9 Å². The summed E-state index contributed by atoms with van der Waals surface area (Å²) >= 11 is 6.02. The second-order valence-corrected chi connectivity index (χ2v) is 13.1. The number of benzene rings is 3. The summed E-state index contributed by atoms with van der Waals surface area (Å²) in [7, 11) is 2.94. The topological polar surface area (TPSA) is 96.8 Å². The van der Waals surface area contributed by atoms with Crippen LogP contribution in [-0.2, 0) is 33.1 Å². The maximum Gasteiger partial charge on any atom is 0.338 e. The molecule has 3 aromatic carbocycles. The van der Waals surface area contributed by atoms with E-state index in [1.165, 1.54) is 13.2 Å². The highest BCUT2D eigenvalue weighted by atomic mass is 35.5. The summed E-state index contributed by atoms with van der Waals surface area (Å²) in [6.45, 7) is 6.15. The standard InChI is InChI=1S/C35H36ClFN4O7/c1-35(23-8-7-21(36)15-24(23)37)47-29-6-4-5-25(33(29)48-35)40-11-10-39(27-18-45-19-28(27)40)17-31-38-32-26(41(31)16-22-9-12-46-22)13-20(34(42)44-3)14-30(32)43-2/h4-8,13-15,22,27-28H,9-12,16-19H2,1-3H3/t22-,27-,28+,35-/m0/s1. The van der Waals surface area contributed by atoms with Crippen molar-refractivity contribution in [3.8, 4) is 17.2 Å². The van der Waals surface area contributed by atoms with Crippen LogP contribution in [-0.4, -0.2) is 85.7 Å². The van der Waals surface area contributed by atoms with Crippen LogP contribution in [0.25, 0.3) is 11.0 Å². The Morgan fingerprint density at radius 3 is 2.69 bits per heavy atom. The lowest BCUT2D eigenvalue weighted by Crippen LogP contribution is -2.59. The third-order valence-electron chi connectivity index (χ3n) is 9.87. The number of imidazole rings is 1. The van der Waals surface area contributed by atoms with Gasteiger partial charge < -0.3 is 37.9 Å². The number of nitrogens with zero attached hydrogens (tertiary/aromatic N) is 4. The minimum Gasteiger partial charge on any atom is -0.494 e. The number of methoxy groups -OCH3 is 2. The van der Waals surface area contributed by atoms with Gasteiger partial charge in [0.2, 0.25) is 0 Å². The van der Waals surface area contributed by atoms with Gasteiger partial charge in [0.25, 0.3) is 5.79 Å². The third kappa shape index (κ3) is 5.22. The van der Waals surface area contributed by atoms with Gasteiger partial charge in [-0.15, -0.1) is 0 Å². The van der Waals surface area contributed by atoms with Gasteiger partial charge >= 0.3 is 5.97 Å². The van der Waals surface area contributed by atoms with E-state index in [0.29, 0.717) is 66.2 Å². The van der Waals surface area contributed by atoms with Crippen LogP contribution in [0.2, 0.25) is 5.02 Å². The average molecular weight is 679 g/mol. The number of hydrogen-bond donors (Lipinski definition) is 0. The molecule has 48 heavy (non-hydrogen) atoms. The second-order valence-electron chi connectivity index (χ2n) is 12.7. The number of rotatable bonds is 8. The minimum atomic E-state index is -1.35. The van der Waals surface area contributed by atoms with Crippen molar-refractivity contribution in [3.63, 3.8) is 0 Å². The van der Waals surface area contributed by atoms with Gasteiger partial charge in [-0.1, -0.05) is 17.7 Å². The minimum absolute atomic E-state index is 0.0289. The molecule has 4 aliphatic heterocycles. The van der Waals surface area contributed by atoms with Crippen molar-refractivity contribution < 1.29 is 37.6 Å². The monoisotopic (exact) mass is 678 g/mol. The summed E-state index contributed by atoms with van der Waals surface area (Å²) in [5, 5.41) is 0.304. The van der Waals surface area contributed by atoms with Crippen molar-refractivity contribution in [3.05, 3.63) is 76.3 Å². The lowest BCUT2D eigenvalue weighted by Gasteiger charge is -2.44. The highest BCUT2D eigenvalue weighted by Crippen LogP contribution is 2.51. The van der Waals surface area contributed by atoms with Gasteiger partial charge in [-0.05, 0) is 48.9 Å². The molecule has 0 amide bonds. The molecule has 5 heterocycles. The van der Waals surface area contributed by atoms with Crippen LogP contribution >= 0.6 is 11.6 Å². The number of para-hydroxylation sites is 1. The molecule has 8 rings (SSSR count). The Hall–Kier alpha value is -4.10. The first kappa shape index (κ1) is 31.2. The SMILES string of the molecule is COC(=O)c1cc(OC)c2nc(CN3CCN(c4cccc5c4O[C@@](C)(c4ccc(Cl)cc4F)O5)[C@@H]4COC[C@@H]43)n(C[C@@H]3CCO3)c2c1. The van der Waals surface area contributed by atoms with Gasteiger partial charge in [-0.3, -0.25) is 4.90 Å². The van der Waals surface area contributed by atoms with Crippen LogP contribution in [0.3, 0.4) is 0 Å². The van der Waals surface area contributed by atoms with E-state index in [2.05, 4.69) is 14.4 Å². The molecular weight excluding hydrogens is 643 g/mol. The smallest absolute Gasteiger partial charge is 0.338 e. The van der Waals surface area contributed by atoms with Crippen LogP contribution in [0.15, 0.2) is 48.5 Å². The molecule has 0 unspecified atom stereocenters. The second kappa shape index (κ2) is 12.1. The zero-order chi connectivity index (χ0) is 33.2. The summed E-state index contributed by atoms with van der Waals surface area (Å²) in [5.41, 5.74) is 3.04. The number of carbonyl (C=O) groups is 1. The molecule has 0 N–H and O–H groups in total. The molecule has 0 bridgehead atoms. The fourth-order valence-electron chi connectivity index (χ4n) is 7.32. The van der Waals surface area contributed by atoms with Gasteiger partial charge in [0.15, 0.2) is 11.5 Å². The molecule has 0 aliphatic carbocycles. The zero-order valence-corrected chi connectivity index (χ0v) is 27.7. The predicted octanol–water partition coefficient (Wildman–Crippen LogP) is 5.15. The van der Waals surface area contributed by atoms with Crippen molar-refractivity contribution in [1.29, 1.82) is 0 Å². The van der Waals surface area contributed by atoms with E-state index in [9.17, 15) is 4.79 Å². The quantitative estimate of drug-likeness (QED) is 0.233. The normalized spacial score (nSPS) is 24.9. The number of halogens is 2. The van der Waals surface area contributed by atoms with Crippen LogP contribution in [0.4, 0.5) is 10.1 Å². The maximum atomic E-state index is 15.0. The molecule has 252 valence electrons. The summed E-state index contributed by atoms with van der Waals surface area (Å²) in [6.07, 6.45) is 1.03. The molecule has 4 aliphatic rings. The van der Waals surface area contributed by atoms with E-state index in [4.69, 9.17) is 45.0 Å². The predicted molar refractivity (Wildman–Crippen MR) is 175 cm³/mol. The first-order valence-electron chi connectivity index (χ1n) is 16.1. The summed E-state index contributed by atoms with van der Waals surface area (Å²) < 4.78 is 52.5. The molecule has 13 heteroatoms. The fourth-order valence-corrected chi connectivity index (χ4v) is 7.48. The Balaban J connectivity index is 1.09. The largest absolute Gasteiger partial charge is 0.494 e. The van der Waals surface area contributed by atoms with Gasteiger partial charge in [-0.2, -0.15) is 0 Å². The van der Waals surface area contributed by atoms with Crippen LogP contribution in [0, 0.1) is 5.82 Å². The number of carbonyl (C=O) groups excluding carboxylic acids is 1. The molecule has 0 spiro atoms. The Labute approximate surface area is 282 Å². The van der Waals surface area contributed by atoms with Crippen molar-refractivity contribution >= 4 is 34.3 Å². The molecule has 0 saturated carbocycles. The molecule has 1 aromatic heterocycles. The summed E-state index contributed by atoms with van der Waals surface area (Å²) in [6, 6.07) is 13.9. The molecule has 11 nitrogen and oxygen atoms in total. The van der Waals surface area contributed by atoms with Crippen molar-refractivity contribution in [2.75, 3.05) is 52.0 Å². The van der Waals surface area contributed by atoms with Crippen molar-refractivity contribution in [2.45, 2.75) is 50.4 Å². The van der Waals surface area contributed by atoms with E-state index in [0.717, 1.165) is 36.6 Å². The Morgan fingerprint density at radius 2 is 1.94 bits per heavy atom. The van der Waals surface area contributed by atoms with Gasteiger partial charge in [-0.25, -0.2) is 14.2 Å². The highest BCUT2D eigenvalue weighted by molar-refractivity contribution is 6.30. The molecule has 3 fully saturated rings. The van der Waals surface area contributed by atoms with Crippen molar-refractivity contribution in [2.24, 2.45) is 0 Å². The highest BCUT2D eigenvalue weighted by Gasteiger charge is 2.46. The Kier molecular flexibility index (Phi) is 7.86. The van der Waals surface area contributed by atoms with E-state index in [-0.39, 0.29) is 23.8 Å². The summed E-state index contributed by atoms with van der Waals surface area (Å²) in [5.74, 6) is 0.216. The van der Waals surface area contributed by atoms with E-state index < -0.39 is 17.6 Å². The average Bonchev–Trinajstić information content (AvgIpc) is 3.77. The van der Waals surface area contributed by atoms with Gasteiger partial charge in [0, 0.05) is 31.6 Å². The number of anilines is 1.